The average Bonchev–Trinajstić information content (AvgIpc) is 2.93. The third kappa shape index (κ3) is 2.23. The first-order chi connectivity index (χ1) is 10.2. The normalized spacial score (nSPS) is 38.9. The van der Waals surface area contributed by atoms with Gasteiger partial charge in [0.1, 0.15) is 0 Å². The van der Waals surface area contributed by atoms with Crippen LogP contribution >= 0.6 is 0 Å². The number of aromatic nitrogens is 2. The predicted molar refractivity (Wildman–Crippen MR) is 80.9 cm³/mol. The predicted octanol–water partition coefficient (Wildman–Crippen LogP) is 3.60. The lowest BCUT2D eigenvalue weighted by molar-refractivity contribution is -0.0184. The van der Waals surface area contributed by atoms with Crippen molar-refractivity contribution in [1.29, 1.82) is 0 Å². The van der Waals surface area contributed by atoms with E-state index in [0.29, 0.717) is 0 Å². The van der Waals surface area contributed by atoms with E-state index in [4.69, 9.17) is 4.42 Å². The van der Waals surface area contributed by atoms with Crippen molar-refractivity contribution in [3.05, 3.63) is 11.8 Å². The van der Waals surface area contributed by atoms with Gasteiger partial charge in [-0.1, -0.05) is 13.8 Å². The summed E-state index contributed by atoms with van der Waals surface area (Å²) in [5, 5.41) is 12.3. The van der Waals surface area contributed by atoms with Crippen LogP contribution in [0, 0.1) is 17.8 Å². The molecule has 0 aliphatic heterocycles. The third-order valence-corrected chi connectivity index (χ3v) is 6.09. The van der Waals surface area contributed by atoms with Crippen molar-refractivity contribution >= 4 is 0 Å². The van der Waals surface area contributed by atoms with Crippen LogP contribution in [0.4, 0.5) is 0 Å². The summed E-state index contributed by atoms with van der Waals surface area (Å²) in [6.45, 7) is 5.23. The fraction of sp³-hybridized carbons (Fsp3) is 0.882. The summed E-state index contributed by atoms with van der Waals surface area (Å²) in [5.74, 6) is 4.50. The van der Waals surface area contributed by atoms with Crippen LogP contribution in [-0.2, 0) is 5.41 Å². The Bertz CT molecular complexity index is 475. The highest BCUT2D eigenvalue weighted by Crippen LogP contribution is 2.60. The lowest BCUT2D eigenvalue weighted by atomic mass is 9.49. The van der Waals surface area contributed by atoms with E-state index in [1.54, 1.807) is 0 Å². The van der Waals surface area contributed by atoms with Crippen molar-refractivity contribution in [3.8, 4) is 0 Å². The largest absolute Gasteiger partial charge is 0.423 e. The second-order valence-corrected chi connectivity index (χ2v) is 7.66. The Labute approximate surface area is 127 Å². The van der Waals surface area contributed by atoms with E-state index in [0.717, 1.165) is 42.5 Å². The summed E-state index contributed by atoms with van der Waals surface area (Å²) in [6.07, 6.45) is 9.23. The molecule has 1 atom stereocenters. The van der Waals surface area contributed by atoms with Gasteiger partial charge in [-0.2, -0.15) is 0 Å². The summed E-state index contributed by atoms with van der Waals surface area (Å²) in [4.78, 5) is 0. The Hall–Kier alpha value is -0.900. The smallest absolute Gasteiger partial charge is 0.233 e. The van der Waals surface area contributed by atoms with Crippen LogP contribution in [0.15, 0.2) is 4.42 Å². The lowest BCUT2D eigenvalue weighted by Crippen LogP contribution is -2.48. The minimum absolute atomic E-state index is 0.213. The van der Waals surface area contributed by atoms with E-state index in [-0.39, 0.29) is 11.5 Å². The van der Waals surface area contributed by atoms with E-state index in [2.05, 4.69) is 29.4 Å². The molecule has 0 radical (unpaired) electrons. The minimum atomic E-state index is 0.213. The first kappa shape index (κ1) is 13.7. The van der Waals surface area contributed by atoms with E-state index >= 15 is 0 Å². The maximum absolute atomic E-state index is 6.19. The van der Waals surface area contributed by atoms with Crippen LogP contribution in [0.2, 0.25) is 0 Å². The fourth-order valence-electron chi connectivity index (χ4n) is 5.61. The molecule has 0 amide bonds. The van der Waals surface area contributed by atoms with Gasteiger partial charge in [-0.3, -0.25) is 0 Å². The molecule has 4 aliphatic rings. The topological polar surface area (TPSA) is 51.0 Å². The van der Waals surface area contributed by atoms with Crippen molar-refractivity contribution in [3.63, 3.8) is 0 Å². The molecule has 0 spiro atoms. The van der Waals surface area contributed by atoms with E-state index < -0.39 is 0 Å². The number of hydrogen-bond donors (Lipinski definition) is 1. The van der Waals surface area contributed by atoms with Gasteiger partial charge in [0.2, 0.25) is 11.8 Å². The van der Waals surface area contributed by atoms with Gasteiger partial charge in [0.25, 0.3) is 0 Å². The zero-order valence-corrected chi connectivity index (χ0v) is 13.3. The monoisotopic (exact) mass is 289 g/mol. The molecule has 1 unspecified atom stereocenters. The van der Waals surface area contributed by atoms with Gasteiger partial charge >= 0.3 is 0 Å². The maximum atomic E-state index is 6.19. The number of nitrogens with one attached hydrogen (secondary N) is 1. The van der Waals surface area contributed by atoms with Crippen LogP contribution in [-0.4, -0.2) is 16.7 Å². The zero-order valence-electron chi connectivity index (χ0n) is 13.3. The van der Waals surface area contributed by atoms with Crippen LogP contribution in [0.3, 0.4) is 0 Å². The number of rotatable bonds is 5. The molecule has 1 N–H and O–H groups in total. The molecule has 5 rings (SSSR count). The summed E-state index contributed by atoms with van der Waals surface area (Å²) in [6, 6.07) is 0.213. The van der Waals surface area contributed by atoms with Crippen molar-refractivity contribution in [2.45, 2.75) is 70.3 Å². The van der Waals surface area contributed by atoms with Crippen molar-refractivity contribution in [2.75, 3.05) is 6.54 Å². The number of nitrogens with zero attached hydrogens (tertiary/aromatic N) is 2. The summed E-state index contributed by atoms with van der Waals surface area (Å²) in [5.41, 5.74) is 0.227. The van der Waals surface area contributed by atoms with Gasteiger partial charge < -0.3 is 9.73 Å². The fourth-order valence-corrected chi connectivity index (χ4v) is 5.61. The molecule has 1 aromatic heterocycles. The molecule has 4 fully saturated rings. The van der Waals surface area contributed by atoms with Crippen molar-refractivity contribution < 1.29 is 4.42 Å². The van der Waals surface area contributed by atoms with Gasteiger partial charge in [-0.15, -0.1) is 10.2 Å². The highest BCUT2D eigenvalue weighted by Gasteiger charge is 2.54. The molecule has 4 aliphatic carbocycles. The van der Waals surface area contributed by atoms with Crippen molar-refractivity contribution in [1.82, 2.24) is 15.5 Å². The summed E-state index contributed by atoms with van der Waals surface area (Å²) in [7, 11) is 0. The third-order valence-electron chi connectivity index (χ3n) is 6.09. The molecule has 116 valence electrons. The second-order valence-electron chi connectivity index (χ2n) is 7.66. The maximum Gasteiger partial charge on any atom is 0.233 e. The van der Waals surface area contributed by atoms with Crippen LogP contribution in [0.25, 0.3) is 0 Å². The molecule has 0 saturated heterocycles. The average molecular weight is 289 g/mol. The van der Waals surface area contributed by atoms with Crippen LogP contribution in [0.5, 0.6) is 0 Å². The van der Waals surface area contributed by atoms with Gasteiger partial charge in [-0.25, -0.2) is 0 Å². The highest BCUT2D eigenvalue weighted by atomic mass is 16.4. The van der Waals surface area contributed by atoms with Gasteiger partial charge in [0.05, 0.1) is 6.04 Å². The molecule has 4 heteroatoms. The lowest BCUT2D eigenvalue weighted by Gasteiger charge is -2.55. The summed E-state index contributed by atoms with van der Waals surface area (Å²) < 4.78 is 6.19. The van der Waals surface area contributed by atoms with Gasteiger partial charge in [-0.05, 0) is 69.2 Å². The van der Waals surface area contributed by atoms with Gasteiger partial charge in [0, 0.05) is 5.41 Å². The Morgan fingerprint density at radius 2 is 1.71 bits per heavy atom. The quantitative estimate of drug-likeness (QED) is 0.900. The first-order valence-corrected chi connectivity index (χ1v) is 8.79. The number of hydrogen-bond acceptors (Lipinski definition) is 4. The van der Waals surface area contributed by atoms with Crippen molar-refractivity contribution in [2.24, 2.45) is 17.8 Å². The Morgan fingerprint density at radius 1 is 1.10 bits per heavy atom. The molecular weight excluding hydrogens is 262 g/mol. The van der Waals surface area contributed by atoms with E-state index in [1.807, 2.05) is 0 Å². The standard InChI is InChI=1S/C17H27N3O/c1-3-14(18-4-2)15-19-20-16(21-15)17-8-11-5-12(9-17)7-13(6-11)10-17/h11-14,18H,3-10H2,1-2H3. The Morgan fingerprint density at radius 3 is 2.24 bits per heavy atom. The molecule has 1 heterocycles. The molecule has 4 bridgehead atoms. The van der Waals surface area contributed by atoms with Crippen LogP contribution in [0.1, 0.15) is 76.6 Å². The summed E-state index contributed by atoms with van der Waals surface area (Å²) >= 11 is 0. The van der Waals surface area contributed by atoms with Gasteiger partial charge in [0.15, 0.2) is 0 Å². The zero-order chi connectivity index (χ0) is 14.4. The van der Waals surface area contributed by atoms with E-state index in [9.17, 15) is 0 Å². The highest BCUT2D eigenvalue weighted by molar-refractivity contribution is 5.15. The molecule has 0 aromatic carbocycles. The molecule has 1 aromatic rings. The second kappa shape index (κ2) is 5.08. The minimum Gasteiger partial charge on any atom is -0.423 e. The van der Waals surface area contributed by atoms with E-state index in [1.165, 1.54) is 38.5 Å². The SMILES string of the molecule is CCNC(CC)c1nnc(C23CC4CC(CC(C4)C2)C3)o1. The molecule has 4 nitrogen and oxygen atoms in total. The molecular formula is C17H27N3O. The molecule has 4 saturated carbocycles. The first-order valence-electron chi connectivity index (χ1n) is 8.79. The molecule has 21 heavy (non-hydrogen) atoms. The Kier molecular flexibility index (Phi) is 3.32. The Balaban J connectivity index is 1.60. The van der Waals surface area contributed by atoms with Crippen LogP contribution < -0.4 is 5.32 Å².